The number of hydrogen-bond acceptors (Lipinski definition) is 4. The molecule has 0 aliphatic rings. The Kier molecular flexibility index (Phi) is 7.65. The average molecular weight is 418 g/mol. The molecule has 0 saturated carbocycles. The van der Waals surface area contributed by atoms with Crippen molar-refractivity contribution in [3.8, 4) is 22.6 Å². The van der Waals surface area contributed by atoms with Crippen molar-refractivity contribution >= 4 is 11.8 Å². The molecule has 0 aliphatic carbocycles. The number of para-hydroxylation sites is 1. The van der Waals surface area contributed by atoms with Crippen molar-refractivity contribution in [1.82, 2.24) is 10.9 Å². The van der Waals surface area contributed by atoms with Crippen LogP contribution in [0.15, 0.2) is 78.9 Å². The topological polar surface area (TPSA) is 76.7 Å². The van der Waals surface area contributed by atoms with Crippen molar-refractivity contribution in [2.75, 3.05) is 6.61 Å². The van der Waals surface area contributed by atoms with Crippen molar-refractivity contribution in [3.63, 3.8) is 0 Å². The third kappa shape index (κ3) is 6.34. The molecule has 0 aromatic heterocycles. The molecular formula is C25H26N2O4. The van der Waals surface area contributed by atoms with Crippen molar-refractivity contribution in [3.05, 3.63) is 84.4 Å². The zero-order chi connectivity index (χ0) is 22.1. The summed E-state index contributed by atoms with van der Waals surface area (Å²) in [6.07, 6.45) is -0.256. The summed E-state index contributed by atoms with van der Waals surface area (Å²) < 4.78 is 11.3. The number of ether oxygens (including phenoxy) is 2. The first-order chi connectivity index (χ1) is 15.1. The molecule has 160 valence electrons. The highest BCUT2D eigenvalue weighted by atomic mass is 16.5. The van der Waals surface area contributed by atoms with Crippen molar-refractivity contribution in [2.45, 2.75) is 26.4 Å². The second kappa shape index (κ2) is 10.8. The van der Waals surface area contributed by atoms with Crippen LogP contribution in [0, 0.1) is 6.92 Å². The summed E-state index contributed by atoms with van der Waals surface area (Å²) in [6, 6.07) is 24.9. The summed E-state index contributed by atoms with van der Waals surface area (Å²) in [5.41, 5.74) is 7.86. The molecule has 1 unspecified atom stereocenters. The predicted octanol–water partition coefficient (Wildman–Crippen LogP) is 4.05. The van der Waals surface area contributed by atoms with Gasteiger partial charge in [0.05, 0.1) is 0 Å². The van der Waals surface area contributed by atoms with Crippen LogP contribution >= 0.6 is 0 Å². The highest BCUT2D eigenvalue weighted by Crippen LogP contribution is 2.22. The maximum atomic E-state index is 12.3. The van der Waals surface area contributed by atoms with Gasteiger partial charge in [-0.05, 0) is 48.2 Å². The number of carbonyl (C=O) groups excluding carboxylic acids is 2. The Labute approximate surface area is 182 Å². The number of nitrogens with one attached hydrogen (secondary N) is 2. The van der Waals surface area contributed by atoms with E-state index >= 15 is 0 Å². The minimum atomic E-state index is -0.715. The van der Waals surface area contributed by atoms with Gasteiger partial charge in [0.15, 0.2) is 12.7 Å². The van der Waals surface area contributed by atoms with E-state index in [9.17, 15) is 9.59 Å². The fraction of sp³-hybridized carbons (Fsp3) is 0.200. The number of amides is 2. The average Bonchev–Trinajstić information content (AvgIpc) is 2.81. The maximum absolute atomic E-state index is 12.3. The molecule has 3 aromatic rings. The Morgan fingerprint density at radius 1 is 0.839 bits per heavy atom. The standard InChI is InChI=1S/C25H26N2O4/c1-3-22(31-23-12-8-7-9-18(23)2)25(29)27-26-24(28)17-30-21-15-13-20(14-16-21)19-10-5-4-6-11-19/h4-16,22H,3,17H2,1-2H3,(H,26,28)(H,27,29). The Balaban J connectivity index is 1.45. The van der Waals surface area contributed by atoms with E-state index in [1.807, 2.05) is 74.5 Å². The maximum Gasteiger partial charge on any atom is 0.279 e. The lowest BCUT2D eigenvalue weighted by Crippen LogP contribution is -2.49. The van der Waals surface area contributed by atoms with E-state index in [4.69, 9.17) is 9.47 Å². The normalized spacial score (nSPS) is 11.3. The molecule has 0 aliphatic heterocycles. The van der Waals surface area contributed by atoms with Crippen molar-refractivity contribution < 1.29 is 19.1 Å². The Morgan fingerprint density at radius 2 is 1.48 bits per heavy atom. The molecule has 1 atom stereocenters. The number of rotatable bonds is 8. The van der Waals surface area contributed by atoms with Crippen LogP contribution in [-0.2, 0) is 9.59 Å². The third-order valence-corrected chi connectivity index (χ3v) is 4.68. The van der Waals surface area contributed by atoms with Gasteiger partial charge in [0.25, 0.3) is 11.8 Å². The Hall–Kier alpha value is -3.80. The molecule has 0 spiro atoms. The summed E-state index contributed by atoms with van der Waals surface area (Å²) in [6.45, 7) is 3.53. The van der Waals surface area contributed by atoms with E-state index in [1.54, 1.807) is 18.2 Å². The van der Waals surface area contributed by atoms with Gasteiger partial charge in [-0.2, -0.15) is 0 Å². The highest BCUT2D eigenvalue weighted by molar-refractivity contribution is 5.85. The molecule has 2 N–H and O–H groups in total. The van der Waals surface area contributed by atoms with Gasteiger partial charge in [-0.1, -0.05) is 67.6 Å². The first kappa shape index (κ1) is 21.9. The summed E-state index contributed by atoms with van der Waals surface area (Å²) in [4.78, 5) is 24.4. The first-order valence-corrected chi connectivity index (χ1v) is 10.2. The monoisotopic (exact) mass is 418 g/mol. The SMILES string of the molecule is CCC(Oc1ccccc1C)C(=O)NNC(=O)COc1ccc(-c2ccccc2)cc1. The summed E-state index contributed by atoms with van der Waals surface area (Å²) in [7, 11) is 0. The van der Waals surface area contributed by atoms with Gasteiger partial charge in [-0.15, -0.1) is 0 Å². The van der Waals surface area contributed by atoms with Crippen molar-refractivity contribution in [2.24, 2.45) is 0 Å². The molecule has 0 radical (unpaired) electrons. The van der Waals surface area contributed by atoms with Crippen LogP contribution in [0.3, 0.4) is 0 Å². The van der Waals surface area contributed by atoms with Crippen LogP contribution in [-0.4, -0.2) is 24.5 Å². The van der Waals surface area contributed by atoms with E-state index in [2.05, 4.69) is 10.9 Å². The molecule has 0 fully saturated rings. The smallest absolute Gasteiger partial charge is 0.279 e. The van der Waals surface area contributed by atoms with Gasteiger partial charge in [-0.3, -0.25) is 20.4 Å². The minimum Gasteiger partial charge on any atom is -0.484 e. The van der Waals surface area contributed by atoms with Gasteiger partial charge in [0, 0.05) is 0 Å². The van der Waals surface area contributed by atoms with Crippen LogP contribution in [0.5, 0.6) is 11.5 Å². The molecule has 3 aromatic carbocycles. The number of hydrazine groups is 1. The zero-order valence-corrected chi connectivity index (χ0v) is 17.6. The number of benzene rings is 3. The minimum absolute atomic E-state index is 0.222. The molecule has 2 amide bonds. The highest BCUT2D eigenvalue weighted by Gasteiger charge is 2.19. The molecular weight excluding hydrogens is 392 g/mol. The lowest BCUT2D eigenvalue weighted by atomic mass is 10.1. The quantitative estimate of drug-likeness (QED) is 0.541. The van der Waals surface area contributed by atoms with E-state index in [0.29, 0.717) is 17.9 Å². The molecule has 6 nitrogen and oxygen atoms in total. The van der Waals surface area contributed by atoms with Gasteiger partial charge in [0.2, 0.25) is 0 Å². The number of aryl methyl sites for hydroxylation is 1. The fourth-order valence-electron chi connectivity index (χ4n) is 2.94. The number of hydrogen-bond donors (Lipinski definition) is 2. The van der Waals surface area contributed by atoms with E-state index in [0.717, 1.165) is 16.7 Å². The van der Waals surface area contributed by atoms with Crippen LogP contribution in [0.25, 0.3) is 11.1 Å². The van der Waals surface area contributed by atoms with Crippen LogP contribution in [0.2, 0.25) is 0 Å². The van der Waals surface area contributed by atoms with E-state index in [-0.39, 0.29) is 6.61 Å². The lowest BCUT2D eigenvalue weighted by Gasteiger charge is -2.18. The van der Waals surface area contributed by atoms with E-state index < -0.39 is 17.9 Å². The molecule has 0 bridgehead atoms. The van der Waals surface area contributed by atoms with Crippen molar-refractivity contribution in [1.29, 1.82) is 0 Å². The first-order valence-electron chi connectivity index (χ1n) is 10.2. The van der Waals surface area contributed by atoms with Gasteiger partial charge in [0.1, 0.15) is 11.5 Å². The van der Waals surface area contributed by atoms with Gasteiger partial charge >= 0.3 is 0 Å². The molecule has 6 heteroatoms. The summed E-state index contributed by atoms with van der Waals surface area (Å²) in [5, 5.41) is 0. The number of carbonyl (C=O) groups is 2. The van der Waals surface area contributed by atoms with Gasteiger partial charge < -0.3 is 9.47 Å². The van der Waals surface area contributed by atoms with Gasteiger partial charge in [-0.25, -0.2) is 0 Å². The lowest BCUT2D eigenvalue weighted by molar-refractivity contribution is -0.134. The Bertz CT molecular complexity index is 1000. The molecule has 3 rings (SSSR count). The Morgan fingerprint density at radius 3 is 2.16 bits per heavy atom. The van der Waals surface area contributed by atoms with Crippen LogP contribution < -0.4 is 20.3 Å². The second-order valence-corrected chi connectivity index (χ2v) is 7.00. The molecule has 31 heavy (non-hydrogen) atoms. The third-order valence-electron chi connectivity index (χ3n) is 4.68. The van der Waals surface area contributed by atoms with Crippen LogP contribution in [0.1, 0.15) is 18.9 Å². The summed E-state index contributed by atoms with van der Waals surface area (Å²) >= 11 is 0. The van der Waals surface area contributed by atoms with E-state index in [1.165, 1.54) is 0 Å². The zero-order valence-electron chi connectivity index (χ0n) is 17.6. The molecule has 0 heterocycles. The second-order valence-electron chi connectivity index (χ2n) is 7.00. The van der Waals surface area contributed by atoms with Crippen LogP contribution in [0.4, 0.5) is 0 Å². The summed E-state index contributed by atoms with van der Waals surface area (Å²) in [5.74, 6) is 0.311. The largest absolute Gasteiger partial charge is 0.484 e. The molecule has 0 saturated heterocycles. The fourth-order valence-corrected chi connectivity index (χ4v) is 2.94. The predicted molar refractivity (Wildman–Crippen MR) is 120 cm³/mol.